The van der Waals surface area contributed by atoms with Gasteiger partial charge in [-0.2, -0.15) is 5.10 Å². The Morgan fingerprint density at radius 1 is 1.13 bits per heavy atom. The van der Waals surface area contributed by atoms with Crippen LogP contribution in [0.15, 0.2) is 54.7 Å². The average Bonchev–Trinajstić information content (AvgIpc) is 3.38. The van der Waals surface area contributed by atoms with E-state index in [9.17, 15) is 4.79 Å². The van der Waals surface area contributed by atoms with Crippen molar-refractivity contribution < 1.29 is 4.79 Å². The fraction of sp³-hybridized carbons (Fsp3) is 0.261. The van der Waals surface area contributed by atoms with Crippen molar-refractivity contribution in [3.8, 4) is 11.4 Å². The predicted octanol–water partition coefficient (Wildman–Crippen LogP) is 5.15. The van der Waals surface area contributed by atoms with Gasteiger partial charge >= 0.3 is 0 Å². The van der Waals surface area contributed by atoms with E-state index >= 15 is 0 Å². The third kappa shape index (κ3) is 3.91. The first-order chi connectivity index (χ1) is 15.1. The first-order valence-corrected chi connectivity index (χ1v) is 11.1. The lowest BCUT2D eigenvalue weighted by atomic mass is 9.89. The van der Waals surface area contributed by atoms with Gasteiger partial charge in [-0.05, 0) is 66.9 Å². The Hall–Kier alpha value is -2.90. The summed E-state index contributed by atoms with van der Waals surface area (Å²) in [6, 6.07) is 15.7. The minimum absolute atomic E-state index is 0.0603. The van der Waals surface area contributed by atoms with Crippen LogP contribution in [0.1, 0.15) is 24.3 Å². The summed E-state index contributed by atoms with van der Waals surface area (Å²) in [5.74, 6) is 1.16. The number of hydrogen-bond acceptors (Lipinski definition) is 3. The number of likely N-dealkylation sites (tertiary alicyclic amines) is 1. The van der Waals surface area contributed by atoms with Crippen molar-refractivity contribution in [3.05, 3.63) is 70.1 Å². The number of fused-ring (bicyclic) bond motifs is 1. The SMILES string of the molecule is O=C(Cn1c(-c2ccc(Cl)cc2)n[nH]c1=S)N1CCC(c2c[nH]c3ccccc23)CC1. The minimum atomic E-state index is 0.0603. The quantitative estimate of drug-likeness (QED) is 0.421. The molecular weight excluding hydrogens is 430 g/mol. The maximum Gasteiger partial charge on any atom is 0.242 e. The van der Waals surface area contributed by atoms with Gasteiger partial charge in [0.25, 0.3) is 0 Å². The summed E-state index contributed by atoms with van der Waals surface area (Å²) in [6.45, 7) is 1.65. The number of para-hydroxylation sites is 1. The zero-order valence-electron chi connectivity index (χ0n) is 16.8. The molecule has 1 aliphatic heterocycles. The van der Waals surface area contributed by atoms with Gasteiger partial charge in [-0.25, -0.2) is 0 Å². The van der Waals surface area contributed by atoms with Crippen LogP contribution in [-0.4, -0.2) is 43.6 Å². The van der Waals surface area contributed by atoms with Crippen molar-refractivity contribution in [1.82, 2.24) is 24.6 Å². The lowest BCUT2D eigenvalue weighted by molar-refractivity contribution is -0.132. The minimum Gasteiger partial charge on any atom is -0.361 e. The van der Waals surface area contributed by atoms with Gasteiger partial charge in [-0.3, -0.25) is 14.5 Å². The van der Waals surface area contributed by atoms with Crippen LogP contribution in [-0.2, 0) is 11.3 Å². The van der Waals surface area contributed by atoms with Crippen molar-refractivity contribution in [3.63, 3.8) is 0 Å². The van der Waals surface area contributed by atoms with E-state index in [1.165, 1.54) is 16.5 Å². The third-order valence-corrected chi connectivity index (χ3v) is 6.63. The van der Waals surface area contributed by atoms with Crippen molar-refractivity contribution in [2.45, 2.75) is 25.3 Å². The third-order valence-electron chi connectivity index (χ3n) is 6.06. The molecule has 1 saturated heterocycles. The molecule has 1 amide bonds. The first-order valence-electron chi connectivity index (χ1n) is 10.3. The van der Waals surface area contributed by atoms with Crippen LogP contribution in [0, 0.1) is 4.77 Å². The summed E-state index contributed by atoms with van der Waals surface area (Å²) in [5, 5.41) is 9.06. The number of piperidine rings is 1. The van der Waals surface area contributed by atoms with Crippen molar-refractivity contribution >= 4 is 40.6 Å². The molecule has 3 heterocycles. The highest BCUT2D eigenvalue weighted by Gasteiger charge is 2.26. The van der Waals surface area contributed by atoms with E-state index in [1.807, 2.05) is 23.1 Å². The molecule has 0 atom stereocenters. The lowest BCUT2D eigenvalue weighted by Gasteiger charge is -2.32. The molecule has 31 heavy (non-hydrogen) atoms. The largest absolute Gasteiger partial charge is 0.361 e. The molecule has 1 aliphatic rings. The molecule has 1 fully saturated rings. The number of carbonyl (C=O) groups excluding carboxylic acids is 1. The second-order valence-electron chi connectivity index (χ2n) is 7.89. The maximum atomic E-state index is 13.1. The molecule has 0 unspecified atom stereocenters. The molecule has 0 spiro atoms. The number of aromatic nitrogens is 4. The van der Waals surface area contributed by atoms with Gasteiger partial charge in [0.2, 0.25) is 5.91 Å². The van der Waals surface area contributed by atoms with Gasteiger partial charge in [0.05, 0.1) is 0 Å². The summed E-state index contributed by atoms with van der Waals surface area (Å²) in [7, 11) is 0. The van der Waals surface area contributed by atoms with Crippen molar-refractivity contribution in [2.75, 3.05) is 13.1 Å². The summed E-state index contributed by atoms with van der Waals surface area (Å²) in [4.78, 5) is 18.4. The van der Waals surface area contributed by atoms with Gasteiger partial charge in [0.1, 0.15) is 6.54 Å². The predicted molar refractivity (Wildman–Crippen MR) is 125 cm³/mol. The molecule has 5 rings (SSSR count). The van der Waals surface area contributed by atoms with E-state index in [-0.39, 0.29) is 12.5 Å². The molecule has 0 radical (unpaired) electrons. The van der Waals surface area contributed by atoms with Crippen LogP contribution < -0.4 is 0 Å². The Bertz CT molecular complexity index is 1280. The number of halogens is 1. The molecule has 0 saturated carbocycles. The van der Waals surface area contributed by atoms with Crippen LogP contribution in [0.2, 0.25) is 5.02 Å². The molecule has 8 heteroatoms. The number of nitrogens with zero attached hydrogens (tertiary/aromatic N) is 3. The summed E-state index contributed by atoms with van der Waals surface area (Å²) in [5.41, 5.74) is 3.38. The van der Waals surface area contributed by atoms with Crippen LogP contribution in [0.3, 0.4) is 0 Å². The Labute approximate surface area is 189 Å². The molecule has 4 aromatic rings. The number of benzene rings is 2. The second-order valence-corrected chi connectivity index (χ2v) is 8.71. The van der Waals surface area contributed by atoms with Crippen LogP contribution in [0.25, 0.3) is 22.3 Å². The number of amides is 1. The van der Waals surface area contributed by atoms with Gasteiger partial charge in [-0.1, -0.05) is 29.8 Å². The summed E-state index contributed by atoms with van der Waals surface area (Å²) in [6.07, 6.45) is 4.03. The Morgan fingerprint density at radius 2 is 1.87 bits per heavy atom. The topological polar surface area (TPSA) is 69.7 Å². The molecule has 6 nitrogen and oxygen atoms in total. The highest BCUT2D eigenvalue weighted by Crippen LogP contribution is 2.33. The van der Waals surface area contributed by atoms with Crippen molar-refractivity contribution in [1.29, 1.82) is 0 Å². The highest BCUT2D eigenvalue weighted by atomic mass is 35.5. The molecular formula is C23H22ClN5OS. The van der Waals surface area contributed by atoms with Crippen LogP contribution >= 0.6 is 23.8 Å². The van der Waals surface area contributed by atoms with Crippen LogP contribution in [0.5, 0.6) is 0 Å². The fourth-order valence-corrected chi connectivity index (χ4v) is 4.71. The van der Waals surface area contributed by atoms with E-state index in [0.717, 1.165) is 31.5 Å². The molecule has 2 N–H and O–H groups in total. The van der Waals surface area contributed by atoms with E-state index in [0.29, 0.717) is 21.5 Å². The number of aromatic amines is 2. The zero-order chi connectivity index (χ0) is 21.4. The number of hydrogen-bond donors (Lipinski definition) is 2. The normalized spacial score (nSPS) is 14.9. The van der Waals surface area contributed by atoms with E-state index in [4.69, 9.17) is 23.8 Å². The molecule has 158 valence electrons. The fourth-order valence-electron chi connectivity index (χ4n) is 4.39. The smallest absolute Gasteiger partial charge is 0.242 e. The lowest BCUT2D eigenvalue weighted by Crippen LogP contribution is -2.39. The standard InChI is InChI=1S/C23H22ClN5OS/c24-17-7-5-16(6-8-17)22-26-27-23(31)29(22)14-21(30)28-11-9-15(10-12-28)19-13-25-20-4-2-1-3-18(19)20/h1-8,13,15,25H,9-12,14H2,(H,27,31). The monoisotopic (exact) mass is 451 g/mol. The second kappa shape index (κ2) is 8.32. The molecule has 2 aromatic heterocycles. The number of carbonyl (C=O) groups is 1. The van der Waals surface area contributed by atoms with Gasteiger partial charge in [0.15, 0.2) is 10.6 Å². The molecule has 0 bridgehead atoms. The Kier molecular flexibility index (Phi) is 5.38. The first kappa shape index (κ1) is 20.0. The van der Waals surface area contributed by atoms with Crippen LogP contribution in [0.4, 0.5) is 0 Å². The number of nitrogens with one attached hydrogen (secondary N) is 2. The summed E-state index contributed by atoms with van der Waals surface area (Å²) >= 11 is 11.4. The number of rotatable bonds is 4. The van der Waals surface area contributed by atoms with Gasteiger partial charge < -0.3 is 9.88 Å². The molecule has 2 aromatic carbocycles. The number of H-pyrrole nitrogens is 2. The zero-order valence-corrected chi connectivity index (χ0v) is 18.4. The summed E-state index contributed by atoms with van der Waals surface area (Å²) < 4.78 is 2.19. The van der Waals surface area contributed by atoms with Crippen molar-refractivity contribution in [2.24, 2.45) is 0 Å². The van der Waals surface area contributed by atoms with Gasteiger partial charge in [0, 0.05) is 40.8 Å². The Balaban J connectivity index is 1.28. The van der Waals surface area contributed by atoms with E-state index in [1.54, 1.807) is 16.7 Å². The Morgan fingerprint density at radius 3 is 2.65 bits per heavy atom. The maximum absolute atomic E-state index is 13.1. The van der Waals surface area contributed by atoms with E-state index in [2.05, 4.69) is 39.6 Å². The van der Waals surface area contributed by atoms with Gasteiger partial charge in [-0.15, -0.1) is 0 Å². The average molecular weight is 452 g/mol. The molecule has 0 aliphatic carbocycles. The van der Waals surface area contributed by atoms with E-state index < -0.39 is 0 Å². The highest BCUT2D eigenvalue weighted by molar-refractivity contribution is 7.71.